The lowest BCUT2D eigenvalue weighted by Gasteiger charge is -1.98. The summed E-state index contributed by atoms with van der Waals surface area (Å²) in [5.41, 5.74) is 0. The molecule has 3 nitrogen and oxygen atoms in total. The Morgan fingerprint density at radius 3 is 2.60 bits per heavy atom. The molecule has 0 aromatic carbocycles. The van der Waals surface area contributed by atoms with E-state index in [-0.39, 0.29) is 18.2 Å². The average Bonchev–Trinajstić information content (AvgIpc) is 1.84. The molecule has 0 bridgehead atoms. The van der Waals surface area contributed by atoms with Gasteiger partial charge in [0, 0.05) is 5.88 Å². The summed E-state index contributed by atoms with van der Waals surface area (Å²) in [5, 5.41) is 0. The van der Waals surface area contributed by atoms with E-state index in [0.29, 0.717) is 0 Å². The Balaban J connectivity index is 3.76. The zero-order valence-corrected chi connectivity index (χ0v) is 6.99. The minimum Gasteiger partial charge on any atom is -0.269 e. The summed E-state index contributed by atoms with van der Waals surface area (Å²) in [6, 6.07) is 0. The molecule has 0 heterocycles. The molecule has 0 saturated carbocycles. The van der Waals surface area contributed by atoms with Crippen LogP contribution >= 0.6 is 11.6 Å². The summed E-state index contributed by atoms with van der Waals surface area (Å²) >= 11 is 5.19. The summed E-state index contributed by atoms with van der Waals surface area (Å²) in [6.45, 7) is 3.29. The first-order valence-corrected chi connectivity index (χ1v) is 4.77. The third-order valence-electron chi connectivity index (χ3n) is 0.662. The van der Waals surface area contributed by atoms with Crippen LogP contribution in [0.1, 0.15) is 0 Å². The maximum absolute atomic E-state index is 10.6. The van der Waals surface area contributed by atoms with E-state index in [4.69, 9.17) is 11.6 Å². The van der Waals surface area contributed by atoms with E-state index in [1.54, 1.807) is 0 Å². The van der Waals surface area contributed by atoms with Crippen LogP contribution in [-0.4, -0.2) is 26.7 Å². The highest BCUT2D eigenvalue weighted by Gasteiger charge is 2.06. The summed E-state index contributed by atoms with van der Waals surface area (Å²) in [5.74, 6) is 0.0141. The fourth-order valence-corrected chi connectivity index (χ4v) is 1.24. The van der Waals surface area contributed by atoms with Crippen LogP contribution in [0.5, 0.6) is 0 Å². The molecule has 0 aliphatic carbocycles. The molecule has 0 N–H and O–H groups in total. The maximum atomic E-state index is 10.6. The monoisotopic (exact) mass is 184 g/mol. The molecular formula is C5H9ClO3S. The Hall–Kier alpha value is -0.0600. The number of halogens is 1. The van der Waals surface area contributed by atoms with Crippen molar-refractivity contribution >= 4 is 21.7 Å². The molecule has 0 aromatic rings. The number of alkyl halides is 1. The lowest BCUT2D eigenvalue weighted by atomic mass is 10.8. The molecule has 10 heavy (non-hydrogen) atoms. The molecule has 0 aliphatic rings. The Bertz CT molecular complexity index is 185. The minimum atomic E-state index is -3.40. The van der Waals surface area contributed by atoms with Crippen molar-refractivity contribution in [3.05, 3.63) is 12.7 Å². The molecule has 5 heteroatoms. The van der Waals surface area contributed by atoms with Crippen LogP contribution in [-0.2, 0) is 14.3 Å². The van der Waals surface area contributed by atoms with Gasteiger partial charge in [-0.2, -0.15) is 8.42 Å². The van der Waals surface area contributed by atoms with Gasteiger partial charge in [0.2, 0.25) is 0 Å². The van der Waals surface area contributed by atoms with Gasteiger partial charge >= 0.3 is 0 Å². The van der Waals surface area contributed by atoms with Crippen molar-refractivity contribution < 1.29 is 12.6 Å². The van der Waals surface area contributed by atoms with Gasteiger partial charge in [-0.15, -0.1) is 18.2 Å². The van der Waals surface area contributed by atoms with Crippen molar-refractivity contribution in [1.29, 1.82) is 0 Å². The van der Waals surface area contributed by atoms with E-state index in [9.17, 15) is 8.42 Å². The average molecular weight is 185 g/mol. The fraction of sp³-hybridized carbons (Fsp3) is 0.600. The molecule has 0 spiro atoms. The van der Waals surface area contributed by atoms with Gasteiger partial charge in [0.25, 0.3) is 10.1 Å². The van der Waals surface area contributed by atoms with Crippen molar-refractivity contribution in [2.75, 3.05) is 18.2 Å². The second-order valence-corrected chi connectivity index (χ2v) is 3.59. The van der Waals surface area contributed by atoms with E-state index < -0.39 is 10.1 Å². The highest BCUT2D eigenvalue weighted by atomic mass is 35.5. The molecule has 0 saturated heterocycles. The smallest absolute Gasteiger partial charge is 0.269 e. The van der Waals surface area contributed by atoms with Crippen LogP contribution in [0.3, 0.4) is 0 Å². The Labute approximate surface area is 65.8 Å². The highest BCUT2D eigenvalue weighted by molar-refractivity contribution is 7.86. The van der Waals surface area contributed by atoms with Gasteiger partial charge in [-0.3, -0.25) is 4.18 Å². The first-order chi connectivity index (χ1) is 4.62. The third-order valence-corrected chi connectivity index (χ3v) is 1.99. The standard InChI is InChI=1S/C5H9ClO3S/c1-2-5-10(7,8)9-4-3-6/h2H,1,3-5H2. The molecule has 0 unspecified atom stereocenters. The van der Waals surface area contributed by atoms with Crippen molar-refractivity contribution in [2.45, 2.75) is 0 Å². The Kier molecular flexibility index (Phi) is 4.68. The predicted octanol–water partition coefficient (Wildman–Crippen LogP) is 0.758. The molecular weight excluding hydrogens is 176 g/mol. The van der Waals surface area contributed by atoms with Crippen molar-refractivity contribution in [1.82, 2.24) is 0 Å². The van der Waals surface area contributed by atoms with E-state index in [2.05, 4.69) is 10.8 Å². The Morgan fingerprint density at radius 2 is 2.20 bits per heavy atom. The third kappa shape index (κ3) is 4.78. The van der Waals surface area contributed by atoms with Crippen LogP contribution in [0.2, 0.25) is 0 Å². The van der Waals surface area contributed by atoms with Crippen LogP contribution in [0.15, 0.2) is 12.7 Å². The quantitative estimate of drug-likeness (QED) is 0.360. The second-order valence-electron chi connectivity index (χ2n) is 1.52. The summed E-state index contributed by atoms with van der Waals surface area (Å²) in [7, 11) is -3.40. The van der Waals surface area contributed by atoms with Gasteiger partial charge in [0.1, 0.15) is 0 Å². The zero-order valence-electron chi connectivity index (χ0n) is 5.42. The largest absolute Gasteiger partial charge is 0.270 e. The number of hydrogen-bond donors (Lipinski definition) is 0. The fourth-order valence-electron chi connectivity index (χ4n) is 0.351. The Morgan fingerprint density at radius 1 is 1.60 bits per heavy atom. The highest BCUT2D eigenvalue weighted by Crippen LogP contribution is 1.93. The van der Waals surface area contributed by atoms with Gasteiger partial charge < -0.3 is 0 Å². The van der Waals surface area contributed by atoms with Crippen LogP contribution in [0, 0.1) is 0 Å². The van der Waals surface area contributed by atoms with Gasteiger partial charge in [-0.05, 0) is 0 Å². The second kappa shape index (κ2) is 4.71. The van der Waals surface area contributed by atoms with Crippen LogP contribution in [0.25, 0.3) is 0 Å². The topological polar surface area (TPSA) is 43.4 Å². The molecule has 0 fully saturated rings. The molecule has 0 rings (SSSR count). The lowest BCUT2D eigenvalue weighted by molar-refractivity contribution is 0.342. The number of hydrogen-bond acceptors (Lipinski definition) is 3. The molecule has 0 amide bonds. The van der Waals surface area contributed by atoms with Crippen LogP contribution in [0.4, 0.5) is 0 Å². The van der Waals surface area contributed by atoms with E-state index >= 15 is 0 Å². The maximum Gasteiger partial charge on any atom is 0.270 e. The predicted molar refractivity (Wildman–Crippen MR) is 40.7 cm³/mol. The van der Waals surface area contributed by atoms with Crippen LogP contribution < -0.4 is 0 Å². The lowest BCUT2D eigenvalue weighted by Crippen LogP contribution is -2.10. The van der Waals surface area contributed by atoms with Gasteiger partial charge in [-0.25, -0.2) is 0 Å². The molecule has 0 aromatic heterocycles. The van der Waals surface area contributed by atoms with E-state index in [1.165, 1.54) is 6.08 Å². The van der Waals surface area contributed by atoms with Crippen molar-refractivity contribution in [3.8, 4) is 0 Å². The minimum absolute atomic E-state index is 0.0255. The van der Waals surface area contributed by atoms with Gasteiger partial charge in [0.05, 0.1) is 12.4 Å². The van der Waals surface area contributed by atoms with Gasteiger partial charge in [-0.1, -0.05) is 6.08 Å². The normalized spacial score (nSPS) is 11.3. The molecule has 0 radical (unpaired) electrons. The van der Waals surface area contributed by atoms with E-state index in [1.807, 2.05) is 0 Å². The van der Waals surface area contributed by atoms with Gasteiger partial charge in [0.15, 0.2) is 0 Å². The summed E-state index contributed by atoms with van der Waals surface area (Å²) in [6.07, 6.45) is 1.27. The van der Waals surface area contributed by atoms with Crippen molar-refractivity contribution in [3.63, 3.8) is 0 Å². The molecule has 0 aliphatic heterocycles. The van der Waals surface area contributed by atoms with Crippen molar-refractivity contribution in [2.24, 2.45) is 0 Å². The molecule has 60 valence electrons. The summed E-state index contributed by atoms with van der Waals surface area (Å²) < 4.78 is 25.7. The zero-order chi connectivity index (χ0) is 8.04. The summed E-state index contributed by atoms with van der Waals surface area (Å²) in [4.78, 5) is 0. The number of rotatable bonds is 5. The first kappa shape index (κ1) is 9.94. The first-order valence-electron chi connectivity index (χ1n) is 2.66. The molecule has 0 atom stereocenters. The SMILES string of the molecule is C=CCS(=O)(=O)OCCCl. The van der Waals surface area contributed by atoms with E-state index in [0.717, 1.165) is 0 Å².